The molecule has 8 nitrogen and oxygen atoms in total. The zero-order valence-corrected chi connectivity index (χ0v) is 15.7. The summed E-state index contributed by atoms with van der Waals surface area (Å²) in [4.78, 5) is 33.3. The van der Waals surface area contributed by atoms with E-state index in [4.69, 9.17) is 0 Å². The van der Waals surface area contributed by atoms with Crippen molar-refractivity contribution in [3.8, 4) is 0 Å². The SMILES string of the molecule is CN1CCN(c2cnn(C3CN(C(=O)Cc4c[nH]c5ccccc45)C3)c2)C1=O. The van der Waals surface area contributed by atoms with E-state index in [-0.39, 0.29) is 18.0 Å². The summed E-state index contributed by atoms with van der Waals surface area (Å²) in [5.74, 6) is 0.129. The van der Waals surface area contributed by atoms with E-state index in [9.17, 15) is 9.59 Å². The number of nitrogens with zero attached hydrogens (tertiary/aromatic N) is 5. The van der Waals surface area contributed by atoms with E-state index < -0.39 is 0 Å². The highest BCUT2D eigenvalue weighted by atomic mass is 16.2. The number of anilines is 1. The van der Waals surface area contributed by atoms with Gasteiger partial charge in [-0.25, -0.2) is 4.79 Å². The highest BCUT2D eigenvalue weighted by molar-refractivity contribution is 5.93. The smallest absolute Gasteiger partial charge is 0.324 e. The number of amides is 3. The molecule has 3 amide bonds. The first kappa shape index (κ1) is 16.9. The van der Waals surface area contributed by atoms with Crippen LogP contribution >= 0.6 is 0 Å². The number of hydrogen-bond donors (Lipinski definition) is 1. The summed E-state index contributed by atoms with van der Waals surface area (Å²) in [5, 5.41) is 5.52. The van der Waals surface area contributed by atoms with Gasteiger partial charge in [0.15, 0.2) is 0 Å². The van der Waals surface area contributed by atoms with Crippen LogP contribution in [0, 0.1) is 0 Å². The molecule has 2 fully saturated rings. The van der Waals surface area contributed by atoms with Crippen molar-refractivity contribution in [3.63, 3.8) is 0 Å². The number of likely N-dealkylation sites (tertiary alicyclic amines) is 1. The quantitative estimate of drug-likeness (QED) is 0.753. The molecule has 0 unspecified atom stereocenters. The molecule has 2 aliphatic rings. The van der Waals surface area contributed by atoms with Crippen molar-refractivity contribution in [2.75, 3.05) is 38.1 Å². The number of aromatic nitrogens is 3. The fourth-order valence-corrected chi connectivity index (χ4v) is 3.93. The third-order valence-corrected chi connectivity index (χ3v) is 5.72. The van der Waals surface area contributed by atoms with E-state index in [0.717, 1.165) is 28.7 Å². The number of nitrogens with one attached hydrogen (secondary N) is 1. The molecule has 144 valence electrons. The van der Waals surface area contributed by atoms with Crippen molar-refractivity contribution in [2.24, 2.45) is 0 Å². The molecule has 0 aliphatic carbocycles. The van der Waals surface area contributed by atoms with E-state index in [0.29, 0.717) is 26.1 Å². The van der Waals surface area contributed by atoms with Gasteiger partial charge < -0.3 is 14.8 Å². The van der Waals surface area contributed by atoms with Crippen LogP contribution in [-0.2, 0) is 11.2 Å². The fourth-order valence-electron chi connectivity index (χ4n) is 3.93. The van der Waals surface area contributed by atoms with Crippen molar-refractivity contribution in [1.82, 2.24) is 24.6 Å². The maximum atomic E-state index is 12.6. The highest BCUT2D eigenvalue weighted by Gasteiger charge is 2.34. The van der Waals surface area contributed by atoms with Crippen LogP contribution in [0.25, 0.3) is 10.9 Å². The van der Waals surface area contributed by atoms with E-state index >= 15 is 0 Å². The van der Waals surface area contributed by atoms with Crippen molar-refractivity contribution in [2.45, 2.75) is 12.5 Å². The first-order chi connectivity index (χ1) is 13.6. The summed E-state index contributed by atoms with van der Waals surface area (Å²) in [6, 6.07) is 8.19. The molecule has 4 heterocycles. The van der Waals surface area contributed by atoms with Crippen LogP contribution in [0.3, 0.4) is 0 Å². The van der Waals surface area contributed by atoms with Gasteiger partial charge >= 0.3 is 6.03 Å². The summed E-state index contributed by atoms with van der Waals surface area (Å²) in [6.07, 6.45) is 5.95. The Labute approximate surface area is 162 Å². The average molecular weight is 378 g/mol. The lowest BCUT2D eigenvalue weighted by molar-refractivity contribution is -0.136. The first-order valence-corrected chi connectivity index (χ1v) is 9.50. The van der Waals surface area contributed by atoms with Crippen LogP contribution in [0.4, 0.5) is 10.5 Å². The third-order valence-electron chi connectivity index (χ3n) is 5.72. The topological polar surface area (TPSA) is 77.5 Å². The number of fused-ring (bicyclic) bond motifs is 1. The largest absolute Gasteiger partial charge is 0.361 e. The number of H-pyrrole nitrogens is 1. The normalized spacial score (nSPS) is 17.6. The number of carbonyl (C=O) groups is 2. The lowest BCUT2D eigenvalue weighted by Crippen LogP contribution is -2.51. The molecule has 2 saturated heterocycles. The lowest BCUT2D eigenvalue weighted by atomic mass is 10.1. The van der Waals surface area contributed by atoms with Gasteiger partial charge in [0.1, 0.15) is 0 Å². The third kappa shape index (κ3) is 2.72. The van der Waals surface area contributed by atoms with Crippen LogP contribution in [0.2, 0.25) is 0 Å². The summed E-state index contributed by atoms with van der Waals surface area (Å²) in [6.45, 7) is 2.71. The Morgan fingerprint density at radius 2 is 2.07 bits per heavy atom. The van der Waals surface area contributed by atoms with Crippen molar-refractivity contribution < 1.29 is 9.59 Å². The summed E-state index contributed by atoms with van der Waals surface area (Å²) in [7, 11) is 1.80. The number of benzene rings is 1. The predicted octanol–water partition coefficient (Wildman–Crippen LogP) is 1.86. The molecule has 2 aliphatic heterocycles. The average Bonchev–Trinajstić information content (AvgIpc) is 3.35. The van der Waals surface area contributed by atoms with Gasteiger partial charge in [0.05, 0.1) is 24.3 Å². The molecule has 0 bridgehead atoms. The molecule has 0 radical (unpaired) electrons. The van der Waals surface area contributed by atoms with Gasteiger partial charge in [-0.2, -0.15) is 5.10 Å². The van der Waals surface area contributed by atoms with E-state index in [2.05, 4.69) is 10.1 Å². The molecule has 1 N–H and O–H groups in total. The van der Waals surface area contributed by atoms with Crippen LogP contribution in [0.1, 0.15) is 11.6 Å². The second-order valence-electron chi connectivity index (χ2n) is 7.52. The van der Waals surface area contributed by atoms with E-state index in [1.807, 2.05) is 46.2 Å². The minimum atomic E-state index is 0.00342. The highest BCUT2D eigenvalue weighted by Crippen LogP contribution is 2.26. The number of likely N-dealkylation sites (N-methyl/N-ethyl adjacent to an activating group) is 1. The van der Waals surface area contributed by atoms with Gasteiger partial charge in [0.2, 0.25) is 5.91 Å². The first-order valence-electron chi connectivity index (χ1n) is 9.50. The summed E-state index contributed by atoms with van der Waals surface area (Å²) in [5.41, 5.74) is 2.90. The van der Waals surface area contributed by atoms with Crippen molar-refractivity contribution in [1.29, 1.82) is 0 Å². The van der Waals surface area contributed by atoms with Gasteiger partial charge in [0.25, 0.3) is 0 Å². The number of urea groups is 1. The molecule has 0 saturated carbocycles. The maximum absolute atomic E-state index is 12.6. The number of hydrogen-bond acceptors (Lipinski definition) is 3. The van der Waals surface area contributed by atoms with Gasteiger partial charge in [0, 0.05) is 56.5 Å². The van der Waals surface area contributed by atoms with Crippen LogP contribution in [0.5, 0.6) is 0 Å². The Balaban J connectivity index is 1.21. The summed E-state index contributed by atoms with van der Waals surface area (Å²) < 4.78 is 1.87. The second kappa shape index (κ2) is 6.40. The number of rotatable bonds is 4. The lowest BCUT2D eigenvalue weighted by Gasteiger charge is -2.39. The zero-order valence-electron chi connectivity index (χ0n) is 15.7. The molecule has 2 aromatic heterocycles. The minimum Gasteiger partial charge on any atom is -0.361 e. The van der Waals surface area contributed by atoms with Crippen LogP contribution in [-0.4, -0.2) is 69.7 Å². The van der Waals surface area contributed by atoms with E-state index in [1.54, 1.807) is 23.0 Å². The predicted molar refractivity (Wildman–Crippen MR) is 105 cm³/mol. The van der Waals surface area contributed by atoms with Crippen molar-refractivity contribution in [3.05, 3.63) is 48.4 Å². The Hall–Kier alpha value is -3.29. The Morgan fingerprint density at radius 3 is 2.86 bits per heavy atom. The molecule has 1 aromatic carbocycles. The second-order valence-corrected chi connectivity index (χ2v) is 7.52. The minimum absolute atomic E-state index is 0.00342. The molecule has 3 aromatic rings. The molecule has 28 heavy (non-hydrogen) atoms. The molecular formula is C20H22N6O2. The van der Waals surface area contributed by atoms with Gasteiger partial charge in [-0.3, -0.25) is 14.4 Å². The molecule has 0 atom stereocenters. The molecule has 8 heteroatoms. The molecule has 5 rings (SSSR count). The standard InChI is InChI=1S/C20H22N6O2/c1-23-6-7-25(20(23)28)15-10-22-26(13-15)16-11-24(12-16)19(27)8-14-9-21-18-5-3-2-4-17(14)18/h2-5,9-10,13,16,21H,6-8,11-12H2,1H3. The Morgan fingerprint density at radius 1 is 1.25 bits per heavy atom. The fraction of sp³-hybridized carbons (Fsp3) is 0.350. The number of aromatic amines is 1. The Kier molecular flexibility index (Phi) is 3.85. The molecular weight excluding hydrogens is 356 g/mol. The maximum Gasteiger partial charge on any atom is 0.324 e. The molecule has 0 spiro atoms. The summed E-state index contributed by atoms with van der Waals surface area (Å²) >= 11 is 0. The zero-order chi connectivity index (χ0) is 19.3. The van der Waals surface area contributed by atoms with Crippen molar-refractivity contribution >= 4 is 28.5 Å². The van der Waals surface area contributed by atoms with Crippen LogP contribution in [0.15, 0.2) is 42.9 Å². The number of para-hydroxylation sites is 1. The van der Waals surface area contributed by atoms with Crippen LogP contribution < -0.4 is 4.90 Å². The monoisotopic (exact) mass is 378 g/mol. The van der Waals surface area contributed by atoms with Gasteiger partial charge in [-0.1, -0.05) is 18.2 Å². The van der Waals surface area contributed by atoms with Gasteiger partial charge in [-0.15, -0.1) is 0 Å². The Bertz CT molecular complexity index is 1050. The van der Waals surface area contributed by atoms with E-state index in [1.165, 1.54) is 0 Å². The van der Waals surface area contributed by atoms with Gasteiger partial charge in [-0.05, 0) is 11.6 Å². The number of carbonyl (C=O) groups excluding carboxylic acids is 2.